The highest BCUT2D eigenvalue weighted by atomic mass is 19.1. The van der Waals surface area contributed by atoms with Crippen molar-refractivity contribution in [3.05, 3.63) is 6.92 Å². The van der Waals surface area contributed by atoms with Gasteiger partial charge in [-0.15, -0.1) is 0 Å². The highest BCUT2D eigenvalue weighted by molar-refractivity contribution is 4.83. The van der Waals surface area contributed by atoms with E-state index in [4.69, 9.17) is 4.74 Å². The van der Waals surface area contributed by atoms with Crippen LogP contribution in [0.15, 0.2) is 0 Å². The molecule has 1 atom stereocenters. The zero-order valence-corrected chi connectivity index (χ0v) is 4.82. The van der Waals surface area contributed by atoms with Crippen LogP contribution in [0.25, 0.3) is 0 Å². The van der Waals surface area contributed by atoms with Crippen molar-refractivity contribution in [1.29, 1.82) is 0 Å². The minimum Gasteiger partial charge on any atom is -0.378 e. The van der Waals surface area contributed by atoms with Crippen LogP contribution in [0.4, 0.5) is 4.39 Å². The fraction of sp³-hybridized carbons (Fsp3) is 0.833. The smallest absolute Gasteiger partial charge is 0.134 e. The molecule has 1 nitrogen and oxygen atoms in total. The molecule has 2 heteroatoms. The summed E-state index contributed by atoms with van der Waals surface area (Å²) >= 11 is 0. The maximum Gasteiger partial charge on any atom is 0.134 e. The fourth-order valence-corrected chi connectivity index (χ4v) is 0.818. The molecule has 1 heterocycles. The normalized spacial score (nSPS) is 39.8. The molecule has 1 radical (unpaired) electrons. The Morgan fingerprint density at radius 1 is 1.62 bits per heavy atom. The lowest BCUT2D eigenvalue weighted by Gasteiger charge is -2.24. The Morgan fingerprint density at radius 2 is 2.38 bits per heavy atom. The first-order valence-electron chi connectivity index (χ1n) is 2.83. The number of rotatable bonds is 0. The van der Waals surface area contributed by atoms with Crippen molar-refractivity contribution in [1.82, 2.24) is 0 Å². The van der Waals surface area contributed by atoms with Crippen molar-refractivity contribution in [3.63, 3.8) is 0 Å². The molecule has 0 amide bonds. The Labute approximate surface area is 48.8 Å². The van der Waals surface area contributed by atoms with Crippen LogP contribution in [0.5, 0.6) is 0 Å². The van der Waals surface area contributed by atoms with Gasteiger partial charge in [0.1, 0.15) is 5.67 Å². The predicted octanol–water partition coefficient (Wildman–Crippen LogP) is 1.34. The van der Waals surface area contributed by atoms with Crippen LogP contribution in [-0.4, -0.2) is 18.9 Å². The number of hydrogen-bond acceptors (Lipinski definition) is 1. The van der Waals surface area contributed by atoms with Gasteiger partial charge in [0.05, 0.1) is 6.61 Å². The van der Waals surface area contributed by atoms with E-state index in [1.165, 1.54) is 0 Å². The van der Waals surface area contributed by atoms with E-state index in [0.29, 0.717) is 13.0 Å². The first kappa shape index (κ1) is 6.02. The average Bonchev–Trinajstić information content (AvgIpc) is 1.65. The second kappa shape index (κ2) is 2.02. The third kappa shape index (κ3) is 1.44. The molecule has 47 valence electrons. The topological polar surface area (TPSA) is 9.23 Å². The zero-order valence-electron chi connectivity index (χ0n) is 4.82. The van der Waals surface area contributed by atoms with E-state index in [1.807, 2.05) is 0 Å². The van der Waals surface area contributed by atoms with E-state index >= 15 is 0 Å². The first-order chi connectivity index (χ1) is 3.71. The second-order valence-corrected chi connectivity index (χ2v) is 2.31. The lowest BCUT2D eigenvalue weighted by atomic mass is 10.0. The van der Waals surface area contributed by atoms with Crippen LogP contribution in [0, 0.1) is 6.92 Å². The summed E-state index contributed by atoms with van der Waals surface area (Å²) < 4.78 is 17.5. The van der Waals surface area contributed by atoms with Crippen molar-refractivity contribution >= 4 is 0 Å². The maximum absolute atomic E-state index is 12.6. The van der Waals surface area contributed by atoms with Gasteiger partial charge in [-0.25, -0.2) is 4.39 Å². The van der Waals surface area contributed by atoms with E-state index in [9.17, 15) is 4.39 Å². The van der Waals surface area contributed by atoms with Gasteiger partial charge in [-0.2, -0.15) is 0 Å². The van der Waals surface area contributed by atoms with Crippen molar-refractivity contribution in [2.75, 3.05) is 13.2 Å². The van der Waals surface area contributed by atoms with Crippen LogP contribution >= 0.6 is 0 Å². The summed E-state index contributed by atoms with van der Waals surface area (Å²) in [5.74, 6) is 0. The SMILES string of the molecule is [CH2]C1(F)CCCOC1. The molecular weight excluding hydrogens is 107 g/mol. The summed E-state index contributed by atoms with van der Waals surface area (Å²) in [6.45, 7) is 4.21. The Hall–Kier alpha value is -0.110. The Bertz CT molecular complexity index is 72.6. The van der Waals surface area contributed by atoms with E-state index in [-0.39, 0.29) is 6.61 Å². The molecule has 8 heavy (non-hydrogen) atoms. The first-order valence-corrected chi connectivity index (χ1v) is 2.83. The maximum atomic E-state index is 12.6. The fourth-order valence-electron chi connectivity index (χ4n) is 0.818. The molecule has 1 aliphatic heterocycles. The summed E-state index contributed by atoms with van der Waals surface area (Å²) in [6, 6.07) is 0. The van der Waals surface area contributed by atoms with Gasteiger partial charge in [0, 0.05) is 6.61 Å². The van der Waals surface area contributed by atoms with Gasteiger partial charge < -0.3 is 4.74 Å². The van der Waals surface area contributed by atoms with Crippen molar-refractivity contribution in [2.24, 2.45) is 0 Å². The van der Waals surface area contributed by atoms with Crippen molar-refractivity contribution < 1.29 is 9.13 Å². The molecular formula is C6H10FO. The van der Waals surface area contributed by atoms with E-state index in [2.05, 4.69) is 6.92 Å². The van der Waals surface area contributed by atoms with Crippen molar-refractivity contribution in [3.8, 4) is 0 Å². The molecule has 0 aromatic carbocycles. The molecule has 0 spiro atoms. The van der Waals surface area contributed by atoms with Crippen LogP contribution in [0.1, 0.15) is 12.8 Å². The van der Waals surface area contributed by atoms with Gasteiger partial charge in [0.15, 0.2) is 0 Å². The minimum atomic E-state index is -1.29. The molecule has 1 saturated heterocycles. The van der Waals surface area contributed by atoms with Gasteiger partial charge in [0.25, 0.3) is 0 Å². The lowest BCUT2D eigenvalue weighted by molar-refractivity contribution is -0.00526. The second-order valence-electron chi connectivity index (χ2n) is 2.31. The lowest BCUT2D eigenvalue weighted by Crippen LogP contribution is -2.30. The number of hydrogen-bond donors (Lipinski definition) is 0. The molecule has 0 bridgehead atoms. The zero-order chi connectivity index (χ0) is 6.04. The molecule has 0 aromatic rings. The average molecular weight is 117 g/mol. The Morgan fingerprint density at radius 3 is 2.62 bits per heavy atom. The largest absolute Gasteiger partial charge is 0.378 e. The summed E-state index contributed by atoms with van der Waals surface area (Å²) in [6.07, 6.45) is 1.35. The monoisotopic (exact) mass is 117 g/mol. The Balaban J connectivity index is 2.33. The molecule has 1 fully saturated rings. The molecule has 0 aromatic heterocycles. The molecule has 1 rings (SSSR count). The highest BCUT2D eigenvalue weighted by Crippen LogP contribution is 2.21. The van der Waals surface area contributed by atoms with E-state index in [0.717, 1.165) is 6.42 Å². The van der Waals surface area contributed by atoms with E-state index < -0.39 is 5.67 Å². The van der Waals surface area contributed by atoms with Crippen LogP contribution in [0.2, 0.25) is 0 Å². The molecule has 0 saturated carbocycles. The van der Waals surface area contributed by atoms with Gasteiger partial charge in [-0.05, 0) is 19.8 Å². The number of ether oxygens (including phenoxy) is 1. The summed E-state index contributed by atoms with van der Waals surface area (Å²) in [4.78, 5) is 0. The molecule has 0 N–H and O–H groups in total. The Kier molecular flexibility index (Phi) is 1.52. The number of halogens is 1. The van der Waals surface area contributed by atoms with Crippen LogP contribution in [0.3, 0.4) is 0 Å². The van der Waals surface area contributed by atoms with Gasteiger partial charge in [-0.3, -0.25) is 0 Å². The summed E-state index contributed by atoms with van der Waals surface area (Å²) in [5, 5.41) is 0. The van der Waals surface area contributed by atoms with Gasteiger partial charge >= 0.3 is 0 Å². The van der Waals surface area contributed by atoms with Gasteiger partial charge in [0.2, 0.25) is 0 Å². The summed E-state index contributed by atoms with van der Waals surface area (Å²) in [7, 11) is 0. The molecule has 1 aliphatic rings. The quantitative estimate of drug-likeness (QED) is 0.465. The van der Waals surface area contributed by atoms with Gasteiger partial charge in [-0.1, -0.05) is 0 Å². The highest BCUT2D eigenvalue weighted by Gasteiger charge is 2.26. The minimum absolute atomic E-state index is 0.174. The third-order valence-corrected chi connectivity index (χ3v) is 1.27. The molecule has 0 aliphatic carbocycles. The standard InChI is InChI=1S/C6H10FO/c1-6(7)3-2-4-8-5-6/h1-5H2. The molecule has 1 unspecified atom stereocenters. The van der Waals surface area contributed by atoms with Crippen molar-refractivity contribution in [2.45, 2.75) is 18.5 Å². The van der Waals surface area contributed by atoms with Crippen LogP contribution in [-0.2, 0) is 4.74 Å². The third-order valence-electron chi connectivity index (χ3n) is 1.27. The summed E-state index contributed by atoms with van der Waals surface area (Å²) in [5.41, 5.74) is -1.29. The van der Waals surface area contributed by atoms with Crippen LogP contribution < -0.4 is 0 Å². The predicted molar refractivity (Wildman–Crippen MR) is 29.2 cm³/mol. The van der Waals surface area contributed by atoms with E-state index in [1.54, 1.807) is 0 Å². The number of alkyl halides is 1.